The molecule has 19 nitrogen and oxygen atoms in total. The lowest BCUT2D eigenvalue weighted by molar-refractivity contribution is -0.166. The van der Waals surface area contributed by atoms with E-state index in [1.54, 1.807) is 139 Å². The van der Waals surface area contributed by atoms with Crippen LogP contribution in [0.1, 0.15) is 229 Å². The summed E-state index contributed by atoms with van der Waals surface area (Å²) in [5.41, 5.74) is -4.83. The Morgan fingerprint density at radius 1 is 0.460 bits per heavy atom. The number of rotatable bonds is 26. The molecule has 0 saturated heterocycles. The van der Waals surface area contributed by atoms with Crippen LogP contribution in [0.15, 0.2) is 0 Å². The van der Waals surface area contributed by atoms with Gasteiger partial charge in [-0.2, -0.15) is 0 Å². The molecule has 500 valence electrons. The van der Waals surface area contributed by atoms with Crippen molar-refractivity contribution in [3.63, 3.8) is 0 Å². The summed E-state index contributed by atoms with van der Waals surface area (Å²) >= 11 is 0. The van der Waals surface area contributed by atoms with Crippen molar-refractivity contribution in [2.45, 2.75) is 275 Å². The SMILES string of the molecule is COC(=O)CC[C@@H](C)[C@H]1CC[C@H]2[C@@H]3CC[C@@H]4C[C@@H](N(CC(=O)OC(C)(C)C)C(=O)CC[C@@H](C(=O)OC(C)(C)C)N(CCN(CC(=O)OC(C)(C)C)CC(=O)OC(C)(C)C)CCN(CC(=O)OC(C)(C)C)CC(=O)OC(C)(C)C)CC[C@]4(C)[C@H]3CC[C@]12C. The molecule has 0 heterocycles. The summed E-state index contributed by atoms with van der Waals surface area (Å²) in [5.74, 6) is -0.858. The summed E-state index contributed by atoms with van der Waals surface area (Å²) in [6.45, 7) is 37.6. The minimum absolute atomic E-state index is 0.0233. The molecule has 0 bridgehead atoms. The molecule has 0 aromatic carbocycles. The van der Waals surface area contributed by atoms with Crippen LogP contribution in [-0.4, -0.2) is 179 Å². The summed E-state index contributed by atoms with van der Waals surface area (Å²) < 4.78 is 39.9. The molecule has 0 aromatic rings. The maximum Gasteiger partial charge on any atom is 0.326 e. The van der Waals surface area contributed by atoms with Crippen LogP contribution in [0.5, 0.6) is 0 Å². The summed E-state index contributed by atoms with van der Waals surface area (Å²) in [6.07, 6.45) is 10.3. The Balaban J connectivity index is 1.73. The Labute approximate surface area is 523 Å². The van der Waals surface area contributed by atoms with Crippen molar-refractivity contribution < 1.29 is 71.5 Å². The topological polar surface area (TPSA) is 214 Å². The summed E-state index contributed by atoms with van der Waals surface area (Å²) in [6, 6.07) is -1.39. The average Bonchev–Trinajstić information content (AvgIpc) is 1.72. The molecular weight excluding hydrogens is 1110 g/mol. The highest BCUT2D eigenvalue weighted by molar-refractivity contribution is 5.84. The van der Waals surface area contributed by atoms with Crippen molar-refractivity contribution in [1.82, 2.24) is 19.6 Å². The molecule has 0 spiro atoms. The zero-order valence-electron chi connectivity index (χ0n) is 58.1. The molecule has 4 fully saturated rings. The second-order valence-electron chi connectivity index (χ2n) is 32.4. The summed E-state index contributed by atoms with van der Waals surface area (Å²) in [4.78, 5) is 117. The van der Waals surface area contributed by atoms with Crippen LogP contribution in [-0.2, 0) is 71.5 Å². The molecule has 0 radical (unpaired) electrons. The normalized spacial score (nSPS) is 25.1. The monoisotopic (exact) mass is 1230 g/mol. The van der Waals surface area contributed by atoms with Gasteiger partial charge in [0.05, 0.1) is 33.3 Å². The third-order valence-corrected chi connectivity index (χ3v) is 18.2. The van der Waals surface area contributed by atoms with Crippen LogP contribution < -0.4 is 0 Å². The first-order chi connectivity index (χ1) is 39.7. The van der Waals surface area contributed by atoms with E-state index in [2.05, 4.69) is 20.8 Å². The molecule has 4 rings (SSSR count). The number of hydrogen-bond donors (Lipinski definition) is 0. The van der Waals surface area contributed by atoms with E-state index >= 15 is 4.79 Å². The van der Waals surface area contributed by atoms with Gasteiger partial charge in [-0.05, 0) is 242 Å². The Morgan fingerprint density at radius 2 is 0.874 bits per heavy atom. The number of hydrogen-bond acceptors (Lipinski definition) is 18. The van der Waals surface area contributed by atoms with E-state index in [0.717, 1.165) is 44.9 Å². The lowest BCUT2D eigenvalue weighted by Crippen LogP contribution is -2.56. The van der Waals surface area contributed by atoms with E-state index in [1.807, 2.05) is 4.90 Å². The minimum atomic E-state index is -1.13. The van der Waals surface area contributed by atoms with E-state index in [1.165, 1.54) is 20.0 Å². The Hall–Kier alpha value is -4.36. The lowest BCUT2D eigenvalue weighted by atomic mass is 9.44. The summed E-state index contributed by atoms with van der Waals surface area (Å²) in [7, 11) is 1.46. The van der Waals surface area contributed by atoms with Crippen molar-refractivity contribution in [3.8, 4) is 0 Å². The highest BCUT2D eigenvalue weighted by atomic mass is 16.6. The number of carbonyl (C=O) groups excluding carboxylic acids is 8. The number of esters is 7. The Kier molecular flexibility index (Phi) is 26.0. The molecule has 4 aliphatic carbocycles. The van der Waals surface area contributed by atoms with Crippen LogP contribution in [0.25, 0.3) is 0 Å². The van der Waals surface area contributed by atoms with Gasteiger partial charge in [0.25, 0.3) is 0 Å². The average molecular weight is 1230 g/mol. The molecule has 0 unspecified atom stereocenters. The third kappa shape index (κ3) is 24.4. The van der Waals surface area contributed by atoms with Crippen LogP contribution in [0.2, 0.25) is 0 Å². The number of amides is 1. The highest BCUT2D eigenvalue weighted by Crippen LogP contribution is 2.68. The first kappa shape index (κ1) is 75.1. The molecule has 10 atom stereocenters. The van der Waals surface area contributed by atoms with E-state index in [4.69, 9.17) is 33.2 Å². The number of ether oxygens (including phenoxy) is 7. The molecule has 4 saturated carbocycles. The second kappa shape index (κ2) is 30.2. The quantitative estimate of drug-likeness (QED) is 0.0581. The van der Waals surface area contributed by atoms with Crippen molar-refractivity contribution in [3.05, 3.63) is 0 Å². The van der Waals surface area contributed by atoms with Crippen LogP contribution in [0, 0.1) is 46.3 Å². The van der Waals surface area contributed by atoms with Crippen LogP contribution in [0.3, 0.4) is 0 Å². The fourth-order valence-corrected chi connectivity index (χ4v) is 14.9. The van der Waals surface area contributed by atoms with Gasteiger partial charge in [0.2, 0.25) is 5.91 Å². The van der Waals surface area contributed by atoms with Crippen molar-refractivity contribution in [2.75, 3.05) is 66.0 Å². The zero-order valence-corrected chi connectivity index (χ0v) is 58.1. The summed E-state index contributed by atoms with van der Waals surface area (Å²) in [5, 5.41) is 0. The minimum Gasteiger partial charge on any atom is -0.469 e. The number of nitrogens with zero attached hydrogens (tertiary/aromatic N) is 4. The third-order valence-electron chi connectivity index (χ3n) is 18.2. The molecule has 0 aromatic heterocycles. The van der Waals surface area contributed by atoms with Crippen molar-refractivity contribution in [1.29, 1.82) is 0 Å². The molecule has 19 heteroatoms. The van der Waals surface area contributed by atoms with Gasteiger partial charge in [-0.1, -0.05) is 20.8 Å². The maximum atomic E-state index is 15.4. The van der Waals surface area contributed by atoms with Gasteiger partial charge in [0, 0.05) is 45.1 Å². The number of carbonyl (C=O) groups is 8. The molecule has 87 heavy (non-hydrogen) atoms. The van der Waals surface area contributed by atoms with Gasteiger partial charge in [-0.25, -0.2) is 0 Å². The Morgan fingerprint density at radius 3 is 1.30 bits per heavy atom. The maximum absolute atomic E-state index is 15.4. The van der Waals surface area contributed by atoms with Gasteiger partial charge < -0.3 is 38.1 Å². The van der Waals surface area contributed by atoms with Gasteiger partial charge >= 0.3 is 41.8 Å². The van der Waals surface area contributed by atoms with E-state index in [9.17, 15) is 33.6 Å². The molecule has 0 aliphatic heterocycles. The molecule has 4 aliphatic rings. The molecule has 0 N–H and O–H groups in total. The van der Waals surface area contributed by atoms with E-state index < -0.39 is 75.5 Å². The predicted molar refractivity (Wildman–Crippen MR) is 334 cm³/mol. The van der Waals surface area contributed by atoms with Gasteiger partial charge in [0.15, 0.2) is 0 Å². The van der Waals surface area contributed by atoms with Crippen LogP contribution >= 0.6 is 0 Å². The van der Waals surface area contributed by atoms with E-state index in [-0.39, 0.29) is 100 Å². The standard InChI is InChI=1S/C68H118N4O15/c1-45(23-30-54(74)81-22)49-26-27-50-48-25-24-46-39-47(31-33-67(46,20)51(48)32-34-68(49,50)21)72(44-59(79)86-65(14,15)16)53(73)29-28-52(60(80)87-66(17,18)19)71(37-35-69(40-55(75)82-61(2,3)4)41-56(76)83-62(5,6)7)38-36-70(42-57(77)84-63(8,9)10)43-58(78)85-64(11,12)13/h45-52H,23-44H2,1-22H3/t45-,46-,47+,48+,49-,50+,51+,52+,67+,68-/m1/s1. The van der Waals surface area contributed by atoms with Crippen molar-refractivity contribution >= 4 is 47.7 Å². The van der Waals surface area contributed by atoms with Crippen LogP contribution in [0.4, 0.5) is 0 Å². The predicted octanol–water partition coefficient (Wildman–Crippen LogP) is 10.5. The second-order valence-corrected chi connectivity index (χ2v) is 32.4. The van der Waals surface area contributed by atoms with Gasteiger partial charge in [-0.3, -0.25) is 53.1 Å². The van der Waals surface area contributed by atoms with Gasteiger partial charge in [0.1, 0.15) is 46.2 Å². The van der Waals surface area contributed by atoms with Gasteiger partial charge in [-0.15, -0.1) is 0 Å². The van der Waals surface area contributed by atoms with Crippen molar-refractivity contribution in [2.24, 2.45) is 46.3 Å². The zero-order chi connectivity index (χ0) is 66.1. The number of methoxy groups -OCH3 is 1. The fraction of sp³-hybridized carbons (Fsp3) is 0.882. The first-order valence-electron chi connectivity index (χ1n) is 32.6. The fourth-order valence-electron chi connectivity index (χ4n) is 14.9. The first-order valence-corrected chi connectivity index (χ1v) is 32.6. The smallest absolute Gasteiger partial charge is 0.326 e. The largest absolute Gasteiger partial charge is 0.469 e. The molecular formula is C68H118N4O15. The van der Waals surface area contributed by atoms with E-state index in [0.29, 0.717) is 48.3 Å². The Bertz CT molecular complexity index is 2220. The number of fused-ring (bicyclic) bond motifs is 5. The highest BCUT2D eigenvalue weighted by Gasteiger charge is 2.61. The lowest BCUT2D eigenvalue weighted by Gasteiger charge is -2.62. The molecule has 1 amide bonds.